The SMILES string of the molecule is COc1ccc2c(CN3N=C(C)CC3=O)cc(=O)oc2c1. The molecule has 0 atom stereocenters. The third-order valence-electron chi connectivity index (χ3n) is 3.34. The molecule has 21 heavy (non-hydrogen) atoms. The van der Waals surface area contributed by atoms with Gasteiger partial charge in [-0.05, 0) is 24.6 Å². The van der Waals surface area contributed by atoms with Crippen LogP contribution >= 0.6 is 0 Å². The van der Waals surface area contributed by atoms with E-state index in [0.29, 0.717) is 23.3 Å². The van der Waals surface area contributed by atoms with E-state index in [0.717, 1.165) is 11.1 Å². The molecule has 0 radical (unpaired) electrons. The largest absolute Gasteiger partial charge is 0.497 e. The molecule has 0 spiro atoms. The molecule has 2 aromatic rings. The normalized spacial score (nSPS) is 14.7. The number of methoxy groups -OCH3 is 1. The van der Waals surface area contributed by atoms with Crippen LogP contribution in [0.2, 0.25) is 0 Å². The van der Waals surface area contributed by atoms with E-state index in [4.69, 9.17) is 9.15 Å². The van der Waals surface area contributed by atoms with Crippen molar-refractivity contribution in [3.8, 4) is 5.75 Å². The molecule has 3 rings (SSSR count). The molecule has 1 aromatic heterocycles. The molecule has 0 saturated carbocycles. The molecule has 1 aliphatic rings. The van der Waals surface area contributed by atoms with E-state index < -0.39 is 5.63 Å². The van der Waals surface area contributed by atoms with Crippen LogP contribution in [0.5, 0.6) is 5.75 Å². The first-order valence-corrected chi connectivity index (χ1v) is 6.52. The van der Waals surface area contributed by atoms with Crippen LogP contribution in [0.15, 0.2) is 38.6 Å². The molecule has 0 bridgehead atoms. The molecular formula is C15H14N2O4. The van der Waals surface area contributed by atoms with Gasteiger partial charge in [0.25, 0.3) is 0 Å². The maximum absolute atomic E-state index is 11.8. The Morgan fingerprint density at radius 2 is 2.14 bits per heavy atom. The zero-order valence-corrected chi connectivity index (χ0v) is 11.8. The number of benzene rings is 1. The van der Waals surface area contributed by atoms with Gasteiger partial charge < -0.3 is 9.15 Å². The molecule has 0 aliphatic carbocycles. The fourth-order valence-electron chi connectivity index (χ4n) is 2.36. The van der Waals surface area contributed by atoms with Crippen LogP contribution in [0.3, 0.4) is 0 Å². The van der Waals surface area contributed by atoms with Gasteiger partial charge in [0.05, 0.1) is 20.1 Å². The summed E-state index contributed by atoms with van der Waals surface area (Å²) in [5, 5.41) is 6.33. The number of carbonyl (C=O) groups is 1. The minimum Gasteiger partial charge on any atom is -0.497 e. The monoisotopic (exact) mass is 286 g/mol. The Bertz CT molecular complexity index is 807. The summed E-state index contributed by atoms with van der Waals surface area (Å²) in [5.74, 6) is 0.538. The number of rotatable bonds is 3. The Hall–Kier alpha value is -2.63. The lowest BCUT2D eigenvalue weighted by Crippen LogP contribution is -2.21. The topological polar surface area (TPSA) is 72.1 Å². The second-order valence-corrected chi connectivity index (χ2v) is 4.92. The van der Waals surface area contributed by atoms with E-state index in [1.54, 1.807) is 26.2 Å². The van der Waals surface area contributed by atoms with E-state index in [1.807, 2.05) is 6.07 Å². The molecule has 0 fully saturated rings. The smallest absolute Gasteiger partial charge is 0.336 e. The molecule has 0 unspecified atom stereocenters. The van der Waals surface area contributed by atoms with Crippen molar-refractivity contribution in [3.63, 3.8) is 0 Å². The van der Waals surface area contributed by atoms with Crippen LogP contribution in [-0.2, 0) is 11.3 Å². The number of hydrazone groups is 1. The van der Waals surface area contributed by atoms with Crippen molar-refractivity contribution in [2.75, 3.05) is 7.11 Å². The summed E-state index contributed by atoms with van der Waals surface area (Å²) in [6.07, 6.45) is 0.327. The van der Waals surface area contributed by atoms with E-state index >= 15 is 0 Å². The highest BCUT2D eigenvalue weighted by molar-refractivity contribution is 6.03. The van der Waals surface area contributed by atoms with Crippen molar-refractivity contribution in [2.45, 2.75) is 19.9 Å². The summed E-state index contributed by atoms with van der Waals surface area (Å²) in [7, 11) is 1.55. The summed E-state index contributed by atoms with van der Waals surface area (Å²) in [5.41, 5.74) is 1.45. The number of carbonyl (C=O) groups excluding carboxylic acids is 1. The number of nitrogens with zero attached hydrogens (tertiary/aromatic N) is 2. The van der Waals surface area contributed by atoms with Gasteiger partial charge >= 0.3 is 5.63 Å². The second kappa shape index (κ2) is 5.05. The maximum Gasteiger partial charge on any atom is 0.336 e. The number of amides is 1. The molecule has 1 aliphatic heterocycles. The van der Waals surface area contributed by atoms with Gasteiger partial charge in [-0.3, -0.25) is 4.79 Å². The minimum absolute atomic E-state index is 0.0672. The minimum atomic E-state index is -0.460. The fourth-order valence-corrected chi connectivity index (χ4v) is 2.36. The first kappa shape index (κ1) is 13.4. The molecule has 108 valence electrons. The van der Waals surface area contributed by atoms with E-state index in [-0.39, 0.29) is 12.5 Å². The molecule has 1 aromatic carbocycles. The van der Waals surface area contributed by atoms with Crippen LogP contribution in [0.1, 0.15) is 18.9 Å². The van der Waals surface area contributed by atoms with E-state index in [1.165, 1.54) is 11.1 Å². The fraction of sp³-hybridized carbons (Fsp3) is 0.267. The lowest BCUT2D eigenvalue weighted by atomic mass is 10.1. The summed E-state index contributed by atoms with van der Waals surface area (Å²) >= 11 is 0. The lowest BCUT2D eigenvalue weighted by molar-refractivity contribution is -0.129. The van der Waals surface area contributed by atoms with Gasteiger partial charge in [0.1, 0.15) is 11.3 Å². The first-order chi connectivity index (χ1) is 10.1. The van der Waals surface area contributed by atoms with Gasteiger partial charge in [0.2, 0.25) is 5.91 Å². The zero-order valence-electron chi connectivity index (χ0n) is 11.8. The number of hydrogen-bond acceptors (Lipinski definition) is 5. The van der Waals surface area contributed by atoms with Gasteiger partial charge in [-0.15, -0.1) is 0 Å². The third kappa shape index (κ3) is 2.52. The highest BCUT2D eigenvalue weighted by atomic mass is 16.5. The maximum atomic E-state index is 11.8. The molecule has 1 amide bonds. The molecular weight excluding hydrogens is 272 g/mol. The average molecular weight is 286 g/mol. The summed E-state index contributed by atoms with van der Waals surface area (Å²) in [6, 6.07) is 6.64. The van der Waals surface area contributed by atoms with Gasteiger partial charge in [-0.2, -0.15) is 5.10 Å². The highest BCUT2D eigenvalue weighted by Gasteiger charge is 2.22. The van der Waals surface area contributed by atoms with E-state index in [9.17, 15) is 9.59 Å². The molecule has 0 N–H and O–H groups in total. The molecule has 6 heteroatoms. The Kier molecular flexibility index (Phi) is 3.21. The van der Waals surface area contributed by atoms with Gasteiger partial charge in [0.15, 0.2) is 0 Å². The Labute approximate surface area is 120 Å². The van der Waals surface area contributed by atoms with Crippen molar-refractivity contribution in [3.05, 3.63) is 40.2 Å². The lowest BCUT2D eigenvalue weighted by Gasteiger charge is -2.13. The van der Waals surface area contributed by atoms with Crippen molar-refractivity contribution in [1.82, 2.24) is 5.01 Å². The van der Waals surface area contributed by atoms with Crippen LogP contribution in [0.25, 0.3) is 11.0 Å². The van der Waals surface area contributed by atoms with Gasteiger partial charge in [0, 0.05) is 23.2 Å². The summed E-state index contributed by atoms with van der Waals surface area (Å²) in [6.45, 7) is 2.06. The number of hydrogen-bond donors (Lipinski definition) is 0. The average Bonchev–Trinajstić information content (AvgIpc) is 2.76. The number of fused-ring (bicyclic) bond motifs is 1. The zero-order chi connectivity index (χ0) is 15.0. The van der Waals surface area contributed by atoms with Crippen molar-refractivity contribution >= 4 is 22.6 Å². The molecule has 0 saturated heterocycles. The predicted molar refractivity (Wildman–Crippen MR) is 77.3 cm³/mol. The first-order valence-electron chi connectivity index (χ1n) is 6.52. The Balaban J connectivity index is 2.06. The molecule has 2 heterocycles. The standard InChI is InChI=1S/C15H14N2O4/c1-9-5-14(18)17(16-9)8-10-6-15(19)21-13-7-11(20-2)3-4-12(10)13/h3-4,6-7H,5,8H2,1-2H3. The molecule has 6 nitrogen and oxygen atoms in total. The van der Waals surface area contributed by atoms with Gasteiger partial charge in [-0.1, -0.05) is 0 Å². The van der Waals surface area contributed by atoms with Crippen LogP contribution in [0, 0.1) is 0 Å². The van der Waals surface area contributed by atoms with Crippen molar-refractivity contribution in [2.24, 2.45) is 5.10 Å². The van der Waals surface area contributed by atoms with E-state index in [2.05, 4.69) is 5.10 Å². The highest BCUT2D eigenvalue weighted by Crippen LogP contribution is 2.24. The summed E-state index contributed by atoms with van der Waals surface area (Å²) < 4.78 is 10.3. The van der Waals surface area contributed by atoms with Crippen molar-refractivity contribution in [1.29, 1.82) is 0 Å². The predicted octanol–water partition coefficient (Wildman–Crippen LogP) is 1.91. The quantitative estimate of drug-likeness (QED) is 0.808. The van der Waals surface area contributed by atoms with Crippen molar-refractivity contribution < 1.29 is 13.9 Å². The number of ether oxygens (including phenoxy) is 1. The Morgan fingerprint density at radius 3 is 2.81 bits per heavy atom. The van der Waals surface area contributed by atoms with Crippen LogP contribution < -0.4 is 10.4 Å². The summed E-state index contributed by atoms with van der Waals surface area (Å²) in [4.78, 5) is 23.5. The Morgan fingerprint density at radius 1 is 1.33 bits per heavy atom. The van der Waals surface area contributed by atoms with Crippen LogP contribution in [-0.4, -0.2) is 23.7 Å². The van der Waals surface area contributed by atoms with Crippen LogP contribution in [0.4, 0.5) is 0 Å². The second-order valence-electron chi connectivity index (χ2n) is 4.92. The van der Waals surface area contributed by atoms with Gasteiger partial charge in [-0.25, -0.2) is 9.80 Å². The third-order valence-corrected chi connectivity index (χ3v) is 3.34.